The molecule has 96 valence electrons. The van der Waals surface area contributed by atoms with Crippen molar-refractivity contribution in [1.82, 2.24) is 5.32 Å². The Morgan fingerprint density at radius 1 is 1.31 bits per heavy atom. The second kappa shape index (κ2) is 9.60. The monoisotopic (exact) mass is 230 g/mol. The first kappa shape index (κ1) is 15.4. The highest BCUT2D eigenvalue weighted by Crippen LogP contribution is 1.98. The maximum Gasteiger partial charge on any atom is 0.236 e. The molecule has 0 saturated heterocycles. The second-order valence-corrected chi connectivity index (χ2v) is 4.48. The standard InChI is InChI=1S/C12H26N2O2/c1-4-5-11(13)12(15)14-7-9-16-8-6-10(2)3/h10-11H,4-9,13H2,1-3H3,(H,14,15). The summed E-state index contributed by atoms with van der Waals surface area (Å²) in [7, 11) is 0. The summed E-state index contributed by atoms with van der Waals surface area (Å²) >= 11 is 0. The van der Waals surface area contributed by atoms with Crippen molar-refractivity contribution >= 4 is 5.91 Å². The van der Waals surface area contributed by atoms with Gasteiger partial charge in [-0.05, 0) is 18.8 Å². The highest BCUT2D eigenvalue weighted by molar-refractivity contribution is 5.81. The topological polar surface area (TPSA) is 64.4 Å². The molecule has 0 aromatic rings. The molecule has 16 heavy (non-hydrogen) atoms. The normalized spacial score (nSPS) is 12.8. The molecule has 1 amide bonds. The van der Waals surface area contributed by atoms with Gasteiger partial charge in [-0.25, -0.2) is 0 Å². The smallest absolute Gasteiger partial charge is 0.236 e. The molecule has 0 aliphatic heterocycles. The Balaban J connectivity index is 3.34. The molecule has 0 saturated carbocycles. The molecule has 0 spiro atoms. The minimum atomic E-state index is -0.374. The Morgan fingerprint density at radius 2 is 2.00 bits per heavy atom. The van der Waals surface area contributed by atoms with Gasteiger partial charge in [0.05, 0.1) is 12.6 Å². The fraction of sp³-hybridized carbons (Fsp3) is 0.917. The first-order valence-corrected chi connectivity index (χ1v) is 6.19. The van der Waals surface area contributed by atoms with Crippen LogP contribution in [0.3, 0.4) is 0 Å². The molecule has 0 radical (unpaired) electrons. The molecule has 4 nitrogen and oxygen atoms in total. The molecule has 0 rings (SSSR count). The van der Waals surface area contributed by atoms with E-state index in [0.29, 0.717) is 19.1 Å². The number of carbonyl (C=O) groups excluding carboxylic acids is 1. The Morgan fingerprint density at radius 3 is 2.56 bits per heavy atom. The lowest BCUT2D eigenvalue weighted by atomic mass is 10.1. The van der Waals surface area contributed by atoms with Gasteiger partial charge in [0.25, 0.3) is 0 Å². The third-order valence-electron chi connectivity index (χ3n) is 2.32. The van der Waals surface area contributed by atoms with Crippen LogP contribution in [0.15, 0.2) is 0 Å². The van der Waals surface area contributed by atoms with E-state index < -0.39 is 0 Å². The van der Waals surface area contributed by atoms with Crippen molar-refractivity contribution in [1.29, 1.82) is 0 Å². The summed E-state index contributed by atoms with van der Waals surface area (Å²) in [6.07, 6.45) is 2.73. The predicted molar refractivity (Wildman–Crippen MR) is 66.2 cm³/mol. The van der Waals surface area contributed by atoms with Gasteiger partial charge in [-0.1, -0.05) is 27.2 Å². The molecular weight excluding hydrogens is 204 g/mol. The van der Waals surface area contributed by atoms with E-state index in [1.54, 1.807) is 0 Å². The third kappa shape index (κ3) is 8.68. The van der Waals surface area contributed by atoms with Crippen LogP contribution in [-0.4, -0.2) is 31.7 Å². The number of hydrogen-bond acceptors (Lipinski definition) is 3. The van der Waals surface area contributed by atoms with Crippen LogP contribution in [0.2, 0.25) is 0 Å². The van der Waals surface area contributed by atoms with E-state index in [4.69, 9.17) is 10.5 Å². The summed E-state index contributed by atoms with van der Waals surface area (Å²) in [4.78, 5) is 11.4. The molecule has 0 aromatic heterocycles. The fourth-order valence-corrected chi connectivity index (χ4v) is 1.24. The summed E-state index contributed by atoms with van der Waals surface area (Å²) in [5.74, 6) is 0.585. The van der Waals surface area contributed by atoms with Gasteiger partial charge in [0, 0.05) is 13.2 Å². The SMILES string of the molecule is CCCC(N)C(=O)NCCOCCC(C)C. The van der Waals surface area contributed by atoms with Gasteiger partial charge in [-0.15, -0.1) is 0 Å². The van der Waals surface area contributed by atoms with E-state index in [-0.39, 0.29) is 11.9 Å². The van der Waals surface area contributed by atoms with Crippen LogP contribution in [0.1, 0.15) is 40.0 Å². The van der Waals surface area contributed by atoms with Crippen LogP contribution in [-0.2, 0) is 9.53 Å². The number of amides is 1. The van der Waals surface area contributed by atoms with Crippen LogP contribution in [0, 0.1) is 5.92 Å². The van der Waals surface area contributed by atoms with Gasteiger partial charge < -0.3 is 15.8 Å². The van der Waals surface area contributed by atoms with E-state index in [1.807, 2.05) is 6.92 Å². The average molecular weight is 230 g/mol. The number of ether oxygens (including phenoxy) is 1. The summed E-state index contributed by atoms with van der Waals surface area (Å²) < 4.78 is 5.38. The Bertz CT molecular complexity index is 184. The summed E-state index contributed by atoms with van der Waals surface area (Å²) in [6.45, 7) is 8.21. The zero-order valence-electron chi connectivity index (χ0n) is 10.8. The van der Waals surface area contributed by atoms with E-state index >= 15 is 0 Å². The van der Waals surface area contributed by atoms with E-state index in [1.165, 1.54) is 0 Å². The Hall–Kier alpha value is -0.610. The van der Waals surface area contributed by atoms with Crippen molar-refractivity contribution in [2.45, 2.75) is 46.1 Å². The number of rotatable bonds is 9. The van der Waals surface area contributed by atoms with E-state index in [9.17, 15) is 4.79 Å². The van der Waals surface area contributed by atoms with Crippen LogP contribution in [0.25, 0.3) is 0 Å². The lowest BCUT2D eigenvalue weighted by Crippen LogP contribution is -2.41. The minimum Gasteiger partial charge on any atom is -0.380 e. The number of nitrogens with two attached hydrogens (primary N) is 1. The van der Waals surface area contributed by atoms with Crippen molar-refractivity contribution < 1.29 is 9.53 Å². The molecule has 1 unspecified atom stereocenters. The van der Waals surface area contributed by atoms with Crippen molar-refractivity contribution in [3.05, 3.63) is 0 Å². The molecular formula is C12H26N2O2. The maximum absolute atomic E-state index is 11.4. The molecule has 3 N–H and O–H groups in total. The zero-order chi connectivity index (χ0) is 12.4. The van der Waals surface area contributed by atoms with Crippen LogP contribution in [0.4, 0.5) is 0 Å². The summed E-state index contributed by atoms with van der Waals surface area (Å²) in [5.41, 5.74) is 5.66. The highest BCUT2D eigenvalue weighted by Gasteiger charge is 2.10. The van der Waals surface area contributed by atoms with Crippen LogP contribution in [0.5, 0.6) is 0 Å². The third-order valence-corrected chi connectivity index (χ3v) is 2.32. The van der Waals surface area contributed by atoms with Gasteiger partial charge in [-0.2, -0.15) is 0 Å². The molecule has 0 bridgehead atoms. The summed E-state index contributed by atoms with van der Waals surface area (Å²) in [6, 6.07) is -0.374. The number of hydrogen-bond donors (Lipinski definition) is 2. The molecule has 1 atom stereocenters. The van der Waals surface area contributed by atoms with Gasteiger partial charge in [0.15, 0.2) is 0 Å². The van der Waals surface area contributed by atoms with Crippen LogP contribution < -0.4 is 11.1 Å². The van der Waals surface area contributed by atoms with E-state index in [2.05, 4.69) is 19.2 Å². The quantitative estimate of drug-likeness (QED) is 0.587. The van der Waals surface area contributed by atoms with E-state index in [0.717, 1.165) is 25.9 Å². The van der Waals surface area contributed by atoms with Crippen molar-refractivity contribution in [2.75, 3.05) is 19.8 Å². The van der Waals surface area contributed by atoms with Gasteiger partial charge in [0.1, 0.15) is 0 Å². The first-order valence-electron chi connectivity index (χ1n) is 6.19. The predicted octanol–water partition coefficient (Wildman–Crippen LogP) is 1.29. The average Bonchev–Trinajstić information content (AvgIpc) is 2.22. The van der Waals surface area contributed by atoms with Gasteiger partial charge >= 0.3 is 0 Å². The number of carbonyl (C=O) groups is 1. The highest BCUT2D eigenvalue weighted by atomic mass is 16.5. The van der Waals surface area contributed by atoms with Crippen LogP contribution >= 0.6 is 0 Å². The van der Waals surface area contributed by atoms with Gasteiger partial charge in [0.2, 0.25) is 5.91 Å². The minimum absolute atomic E-state index is 0.0747. The largest absolute Gasteiger partial charge is 0.380 e. The first-order chi connectivity index (χ1) is 7.57. The van der Waals surface area contributed by atoms with Crippen molar-refractivity contribution in [3.63, 3.8) is 0 Å². The fourth-order valence-electron chi connectivity index (χ4n) is 1.24. The molecule has 0 fully saturated rings. The maximum atomic E-state index is 11.4. The zero-order valence-corrected chi connectivity index (χ0v) is 10.8. The lowest BCUT2D eigenvalue weighted by Gasteiger charge is -2.11. The number of nitrogens with one attached hydrogen (secondary N) is 1. The summed E-state index contributed by atoms with van der Waals surface area (Å²) in [5, 5.41) is 2.77. The van der Waals surface area contributed by atoms with Crippen molar-refractivity contribution in [2.24, 2.45) is 11.7 Å². The molecule has 0 aliphatic rings. The second-order valence-electron chi connectivity index (χ2n) is 4.48. The molecule has 0 aliphatic carbocycles. The molecule has 4 heteroatoms. The molecule has 0 heterocycles. The molecule has 0 aromatic carbocycles. The van der Waals surface area contributed by atoms with Gasteiger partial charge in [-0.3, -0.25) is 4.79 Å². The lowest BCUT2D eigenvalue weighted by molar-refractivity contribution is -0.122. The Kier molecular flexibility index (Phi) is 9.24. The Labute approximate surface area is 98.9 Å². The van der Waals surface area contributed by atoms with Crippen molar-refractivity contribution in [3.8, 4) is 0 Å².